The zero-order valence-electron chi connectivity index (χ0n) is 15.4. The van der Waals surface area contributed by atoms with Gasteiger partial charge in [0.25, 0.3) is 0 Å². The van der Waals surface area contributed by atoms with E-state index in [2.05, 4.69) is 0 Å². The third kappa shape index (κ3) is 3.31. The minimum absolute atomic E-state index is 0.0632. The molecular weight excluding hydrogens is 348 g/mol. The highest BCUT2D eigenvalue weighted by molar-refractivity contribution is 5.43. The van der Waals surface area contributed by atoms with Crippen LogP contribution in [-0.2, 0) is 15.9 Å². The number of hydrogen-bond donors (Lipinski definition) is 2. The summed E-state index contributed by atoms with van der Waals surface area (Å²) in [5.74, 6) is 1.75. The lowest BCUT2D eigenvalue weighted by molar-refractivity contribution is 0.0201. The van der Waals surface area contributed by atoms with Crippen LogP contribution in [0, 0.1) is 11.8 Å². The van der Waals surface area contributed by atoms with Crippen molar-refractivity contribution < 1.29 is 29.2 Å². The molecule has 2 saturated heterocycles. The maximum absolute atomic E-state index is 9.82. The van der Waals surface area contributed by atoms with Gasteiger partial charge in [0.1, 0.15) is 0 Å². The molecule has 0 aromatic heterocycles. The van der Waals surface area contributed by atoms with Gasteiger partial charge in [0.15, 0.2) is 23.0 Å². The zero-order chi connectivity index (χ0) is 19.0. The van der Waals surface area contributed by atoms with Crippen LogP contribution in [0.25, 0.3) is 0 Å². The van der Waals surface area contributed by atoms with Gasteiger partial charge in [-0.1, -0.05) is 12.1 Å². The molecule has 0 radical (unpaired) electrons. The van der Waals surface area contributed by atoms with Crippen LogP contribution in [0.3, 0.4) is 0 Å². The van der Waals surface area contributed by atoms with Gasteiger partial charge >= 0.3 is 0 Å². The highest BCUT2D eigenvalue weighted by Crippen LogP contribution is 2.46. The minimum Gasteiger partial charge on any atom is -0.504 e. The third-order valence-electron chi connectivity index (χ3n) is 5.60. The van der Waals surface area contributed by atoms with Crippen molar-refractivity contribution in [1.29, 1.82) is 0 Å². The van der Waals surface area contributed by atoms with Gasteiger partial charge in [0, 0.05) is 11.8 Å². The van der Waals surface area contributed by atoms with E-state index < -0.39 is 0 Å². The molecule has 2 aliphatic rings. The lowest BCUT2D eigenvalue weighted by Gasteiger charge is -2.17. The number of ether oxygens (including phenoxy) is 4. The first-order valence-corrected chi connectivity index (χ1v) is 9.06. The van der Waals surface area contributed by atoms with E-state index in [1.807, 2.05) is 24.3 Å². The Balaban J connectivity index is 1.49. The molecule has 4 unspecified atom stereocenters. The van der Waals surface area contributed by atoms with Crippen LogP contribution in [0.5, 0.6) is 23.0 Å². The number of rotatable bonds is 5. The number of phenols is 2. The fourth-order valence-electron chi connectivity index (χ4n) is 4.15. The summed E-state index contributed by atoms with van der Waals surface area (Å²) in [5, 5.41) is 19.6. The van der Waals surface area contributed by atoms with Gasteiger partial charge in [-0.15, -0.1) is 0 Å². The lowest BCUT2D eigenvalue weighted by Crippen LogP contribution is -2.22. The first-order valence-electron chi connectivity index (χ1n) is 9.06. The van der Waals surface area contributed by atoms with Crippen molar-refractivity contribution in [2.24, 2.45) is 11.8 Å². The topological polar surface area (TPSA) is 77.4 Å². The summed E-state index contributed by atoms with van der Waals surface area (Å²) in [6.45, 7) is 1.27. The molecular formula is C21H24O6. The number of aromatic hydroxyl groups is 2. The van der Waals surface area contributed by atoms with Gasteiger partial charge in [-0.2, -0.15) is 0 Å². The Morgan fingerprint density at radius 1 is 0.889 bits per heavy atom. The minimum atomic E-state index is -0.0659. The average molecular weight is 372 g/mol. The molecule has 4 atom stereocenters. The molecule has 2 fully saturated rings. The van der Waals surface area contributed by atoms with E-state index in [0.29, 0.717) is 30.6 Å². The van der Waals surface area contributed by atoms with Gasteiger partial charge in [0.05, 0.1) is 39.6 Å². The van der Waals surface area contributed by atoms with Crippen molar-refractivity contribution in [1.82, 2.24) is 0 Å². The van der Waals surface area contributed by atoms with E-state index in [1.54, 1.807) is 19.2 Å². The van der Waals surface area contributed by atoms with Crippen LogP contribution >= 0.6 is 0 Å². The molecule has 2 N–H and O–H groups in total. The van der Waals surface area contributed by atoms with Gasteiger partial charge in [0.2, 0.25) is 0 Å². The number of benzene rings is 2. The third-order valence-corrected chi connectivity index (χ3v) is 5.60. The monoisotopic (exact) mass is 372 g/mol. The molecule has 6 heteroatoms. The second-order valence-corrected chi connectivity index (χ2v) is 7.10. The first-order chi connectivity index (χ1) is 13.1. The predicted molar refractivity (Wildman–Crippen MR) is 98.4 cm³/mol. The standard InChI is InChI=1S/C21H24O6/c1-24-19-8-12(3-5-16(19)22)7-18-14-10-27-21(15(14)11-26-18)13-4-6-17(23)20(9-13)25-2/h3-6,8-9,14-15,18,21-23H,7,10-11H2,1-2H3. The van der Waals surface area contributed by atoms with Crippen LogP contribution in [0.4, 0.5) is 0 Å². The maximum Gasteiger partial charge on any atom is 0.160 e. The van der Waals surface area contributed by atoms with E-state index in [1.165, 1.54) is 7.11 Å². The average Bonchev–Trinajstić information content (AvgIpc) is 3.27. The largest absolute Gasteiger partial charge is 0.504 e. The van der Waals surface area contributed by atoms with Gasteiger partial charge in [-0.05, 0) is 41.8 Å². The molecule has 0 spiro atoms. The molecule has 27 heavy (non-hydrogen) atoms. The van der Waals surface area contributed by atoms with Crippen LogP contribution in [0.15, 0.2) is 36.4 Å². The summed E-state index contributed by atoms with van der Waals surface area (Å²) < 4.78 is 22.6. The van der Waals surface area contributed by atoms with Crippen molar-refractivity contribution in [3.63, 3.8) is 0 Å². The highest BCUT2D eigenvalue weighted by Gasteiger charge is 2.47. The Kier molecular flexibility index (Phi) is 4.85. The first kappa shape index (κ1) is 17.9. The summed E-state index contributed by atoms with van der Waals surface area (Å²) in [7, 11) is 3.08. The molecule has 2 aromatic rings. The van der Waals surface area contributed by atoms with Crippen molar-refractivity contribution in [2.75, 3.05) is 27.4 Å². The number of fused-ring (bicyclic) bond motifs is 1. The zero-order valence-corrected chi connectivity index (χ0v) is 15.4. The molecule has 6 nitrogen and oxygen atoms in total. The molecule has 2 aromatic carbocycles. The number of phenolic OH excluding ortho intramolecular Hbond substituents is 2. The fraction of sp³-hybridized carbons (Fsp3) is 0.429. The SMILES string of the molecule is COc1cc(CC2OCC3C(c4ccc(O)c(OC)c4)OCC23)ccc1O. The normalized spacial score (nSPS) is 26.7. The van der Waals surface area contributed by atoms with Crippen LogP contribution in [0.2, 0.25) is 0 Å². The quantitative estimate of drug-likeness (QED) is 0.840. The lowest BCUT2D eigenvalue weighted by atomic mass is 9.85. The van der Waals surface area contributed by atoms with E-state index in [9.17, 15) is 10.2 Å². The van der Waals surface area contributed by atoms with E-state index in [0.717, 1.165) is 17.5 Å². The van der Waals surface area contributed by atoms with E-state index in [4.69, 9.17) is 18.9 Å². The summed E-state index contributed by atoms with van der Waals surface area (Å²) in [6.07, 6.45) is 0.740. The molecule has 4 rings (SSSR count). The Morgan fingerprint density at radius 3 is 2.30 bits per heavy atom. The highest BCUT2D eigenvalue weighted by atomic mass is 16.5. The summed E-state index contributed by atoms with van der Waals surface area (Å²) >= 11 is 0. The molecule has 144 valence electrons. The summed E-state index contributed by atoms with van der Waals surface area (Å²) in [6, 6.07) is 10.7. The molecule has 0 saturated carbocycles. The van der Waals surface area contributed by atoms with E-state index >= 15 is 0 Å². The second-order valence-electron chi connectivity index (χ2n) is 7.10. The molecule has 0 amide bonds. The predicted octanol–water partition coefficient (Wildman–Crippen LogP) is 3.06. The molecule has 2 aliphatic heterocycles. The van der Waals surface area contributed by atoms with Gasteiger partial charge in [-0.25, -0.2) is 0 Å². The molecule has 0 bridgehead atoms. The molecule has 0 aliphatic carbocycles. The van der Waals surface area contributed by atoms with Crippen molar-refractivity contribution in [3.8, 4) is 23.0 Å². The van der Waals surface area contributed by atoms with Gasteiger partial charge in [-0.3, -0.25) is 0 Å². The Bertz CT molecular complexity index is 820. The molecule has 2 heterocycles. The van der Waals surface area contributed by atoms with Crippen molar-refractivity contribution >= 4 is 0 Å². The maximum atomic E-state index is 9.82. The Morgan fingerprint density at radius 2 is 1.56 bits per heavy atom. The van der Waals surface area contributed by atoms with Crippen LogP contribution < -0.4 is 9.47 Å². The van der Waals surface area contributed by atoms with E-state index in [-0.39, 0.29) is 29.6 Å². The van der Waals surface area contributed by atoms with Crippen LogP contribution in [0.1, 0.15) is 17.2 Å². The number of hydrogen-bond acceptors (Lipinski definition) is 6. The second kappa shape index (κ2) is 7.29. The fourth-order valence-corrected chi connectivity index (χ4v) is 4.15. The van der Waals surface area contributed by atoms with Crippen molar-refractivity contribution in [3.05, 3.63) is 47.5 Å². The Hall–Kier alpha value is -2.44. The summed E-state index contributed by atoms with van der Waals surface area (Å²) in [4.78, 5) is 0. The number of methoxy groups -OCH3 is 2. The smallest absolute Gasteiger partial charge is 0.160 e. The Labute approximate surface area is 158 Å². The van der Waals surface area contributed by atoms with Crippen molar-refractivity contribution in [2.45, 2.75) is 18.6 Å². The van der Waals surface area contributed by atoms with Crippen LogP contribution in [-0.4, -0.2) is 43.8 Å². The summed E-state index contributed by atoms with van der Waals surface area (Å²) in [5.41, 5.74) is 2.05. The van der Waals surface area contributed by atoms with Gasteiger partial charge < -0.3 is 29.2 Å².